The first-order valence-corrected chi connectivity index (χ1v) is 3.63. The van der Waals surface area contributed by atoms with E-state index in [9.17, 15) is 13.2 Å². The molecule has 0 amide bonds. The average Bonchev–Trinajstić information content (AvgIpc) is 2.13. The molecule has 5 N–H and O–H groups in total. The van der Waals surface area contributed by atoms with Gasteiger partial charge in [0, 0.05) is 11.8 Å². The summed E-state index contributed by atoms with van der Waals surface area (Å²) in [4.78, 5) is 0. The Kier molecular flexibility index (Phi) is 2.98. The summed E-state index contributed by atoms with van der Waals surface area (Å²) in [6.45, 7) is 0. The number of hydrogen-bond donors (Lipinski definition) is 3. The molecule has 0 radical (unpaired) electrons. The summed E-state index contributed by atoms with van der Waals surface area (Å²) in [7, 11) is 0. The third kappa shape index (κ3) is 1.97. The molecule has 0 saturated carbocycles. The maximum atomic E-state index is 12.7. The predicted octanol–water partition coefficient (Wildman–Crippen LogP) is 0.824. The third-order valence-electron chi connectivity index (χ3n) is 1.56. The third-order valence-corrected chi connectivity index (χ3v) is 1.56. The molecule has 0 aliphatic heterocycles. The van der Waals surface area contributed by atoms with Crippen molar-refractivity contribution in [1.82, 2.24) is 5.43 Å². The Balaban J connectivity index is 3.19. The van der Waals surface area contributed by atoms with Crippen LogP contribution in [0.4, 0.5) is 13.2 Å². The van der Waals surface area contributed by atoms with Gasteiger partial charge in [-0.2, -0.15) is 0 Å². The van der Waals surface area contributed by atoms with Gasteiger partial charge in [-0.25, -0.2) is 13.2 Å². The fraction of sp³-hybridized carbons (Fsp3) is 0. The van der Waals surface area contributed by atoms with E-state index in [0.717, 1.165) is 18.3 Å². The van der Waals surface area contributed by atoms with E-state index in [1.807, 2.05) is 0 Å². The van der Waals surface area contributed by atoms with Crippen molar-refractivity contribution in [3.8, 4) is 0 Å². The van der Waals surface area contributed by atoms with E-state index in [-0.39, 0.29) is 11.3 Å². The summed E-state index contributed by atoms with van der Waals surface area (Å²) in [6, 6.07) is 1.56. The van der Waals surface area contributed by atoms with Crippen molar-refractivity contribution in [2.45, 2.75) is 0 Å². The Hall–Kier alpha value is -1.69. The van der Waals surface area contributed by atoms with Crippen LogP contribution in [-0.2, 0) is 0 Å². The first kappa shape index (κ1) is 10.4. The van der Waals surface area contributed by atoms with E-state index in [1.54, 1.807) is 0 Å². The lowest BCUT2D eigenvalue weighted by Gasteiger charge is -2.03. The number of hydrazine groups is 1. The number of benzene rings is 1. The summed E-state index contributed by atoms with van der Waals surface area (Å²) >= 11 is 0. The fourth-order valence-corrected chi connectivity index (χ4v) is 0.895. The van der Waals surface area contributed by atoms with E-state index < -0.39 is 17.5 Å². The molecule has 0 aromatic heterocycles. The first-order valence-electron chi connectivity index (χ1n) is 3.63. The average molecular weight is 203 g/mol. The molecule has 6 heteroatoms. The van der Waals surface area contributed by atoms with Gasteiger partial charge >= 0.3 is 0 Å². The Morgan fingerprint density at radius 3 is 2.14 bits per heavy atom. The number of nitrogens with two attached hydrogens (primary N) is 2. The second-order valence-electron chi connectivity index (χ2n) is 2.52. The second-order valence-corrected chi connectivity index (χ2v) is 2.52. The lowest BCUT2D eigenvalue weighted by molar-refractivity contribution is 0.446. The largest absolute Gasteiger partial charge is 0.397 e. The molecule has 0 atom stereocenters. The van der Waals surface area contributed by atoms with Crippen molar-refractivity contribution in [3.05, 3.63) is 41.3 Å². The molecule has 14 heavy (non-hydrogen) atoms. The summed E-state index contributed by atoms with van der Waals surface area (Å²) in [6.07, 6.45) is 1.13. The highest BCUT2D eigenvalue weighted by Crippen LogP contribution is 2.16. The first-order chi connectivity index (χ1) is 6.56. The molecule has 0 aliphatic carbocycles. The van der Waals surface area contributed by atoms with Crippen LogP contribution in [0.15, 0.2) is 18.3 Å². The number of rotatable bonds is 2. The van der Waals surface area contributed by atoms with Gasteiger partial charge < -0.3 is 11.2 Å². The molecule has 0 aliphatic rings. The Morgan fingerprint density at radius 1 is 1.21 bits per heavy atom. The number of nitrogens with one attached hydrogen (secondary N) is 1. The van der Waals surface area contributed by atoms with Gasteiger partial charge in [0.15, 0.2) is 17.5 Å². The van der Waals surface area contributed by atoms with E-state index in [4.69, 9.17) is 11.6 Å². The van der Waals surface area contributed by atoms with Crippen LogP contribution in [0.3, 0.4) is 0 Å². The van der Waals surface area contributed by atoms with Gasteiger partial charge in [0.05, 0.1) is 5.70 Å². The summed E-state index contributed by atoms with van der Waals surface area (Å²) < 4.78 is 37.9. The van der Waals surface area contributed by atoms with Gasteiger partial charge in [-0.3, -0.25) is 5.84 Å². The summed E-state index contributed by atoms with van der Waals surface area (Å²) in [5.74, 6) is 0.784. The van der Waals surface area contributed by atoms with Crippen molar-refractivity contribution < 1.29 is 13.2 Å². The van der Waals surface area contributed by atoms with Gasteiger partial charge in [-0.15, -0.1) is 0 Å². The van der Waals surface area contributed by atoms with Crippen molar-refractivity contribution in [1.29, 1.82) is 0 Å². The zero-order chi connectivity index (χ0) is 10.7. The van der Waals surface area contributed by atoms with Crippen LogP contribution in [0.25, 0.3) is 5.70 Å². The van der Waals surface area contributed by atoms with Gasteiger partial charge in [-0.05, 0) is 12.1 Å². The molecule has 0 saturated heterocycles. The van der Waals surface area contributed by atoms with Gasteiger partial charge in [0.25, 0.3) is 0 Å². The number of hydrogen-bond acceptors (Lipinski definition) is 3. The molecule has 0 spiro atoms. The van der Waals surface area contributed by atoms with Gasteiger partial charge in [0.2, 0.25) is 0 Å². The molecule has 0 unspecified atom stereocenters. The Labute approximate surface area is 78.2 Å². The van der Waals surface area contributed by atoms with Crippen LogP contribution in [-0.4, -0.2) is 0 Å². The lowest BCUT2D eigenvalue weighted by Crippen LogP contribution is -2.16. The molecule has 0 heterocycles. The van der Waals surface area contributed by atoms with Crippen molar-refractivity contribution >= 4 is 5.70 Å². The topological polar surface area (TPSA) is 64.1 Å². The van der Waals surface area contributed by atoms with Gasteiger partial charge in [-0.1, -0.05) is 0 Å². The summed E-state index contributed by atoms with van der Waals surface area (Å²) in [5, 5.41) is 0. The standard InChI is InChI=1S/C8H8F3N3/c9-5-1-4(7(12)3-14-13)2-6(10)8(5)11/h1-3,14H,12-13H2/b7-3-. The molecule has 76 valence electrons. The minimum absolute atomic E-state index is 0.00491. The highest BCUT2D eigenvalue weighted by Gasteiger charge is 2.11. The van der Waals surface area contributed by atoms with E-state index in [1.165, 1.54) is 0 Å². The highest BCUT2D eigenvalue weighted by molar-refractivity contribution is 5.62. The molecular weight excluding hydrogens is 195 g/mol. The molecule has 1 aromatic rings. The fourth-order valence-electron chi connectivity index (χ4n) is 0.895. The Morgan fingerprint density at radius 2 is 1.71 bits per heavy atom. The van der Waals surface area contributed by atoms with Crippen molar-refractivity contribution in [2.24, 2.45) is 11.6 Å². The van der Waals surface area contributed by atoms with Crippen LogP contribution < -0.4 is 17.0 Å². The van der Waals surface area contributed by atoms with E-state index in [2.05, 4.69) is 5.43 Å². The normalized spacial score (nSPS) is 11.6. The molecule has 3 nitrogen and oxygen atoms in total. The van der Waals surface area contributed by atoms with Crippen LogP contribution in [0.1, 0.15) is 5.56 Å². The monoisotopic (exact) mass is 203 g/mol. The van der Waals surface area contributed by atoms with E-state index in [0.29, 0.717) is 0 Å². The van der Waals surface area contributed by atoms with E-state index >= 15 is 0 Å². The minimum atomic E-state index is -1.53. The van der Waals surface area contributed by atoms with Crippen LogP contribution in [0, 0.1) is 17.5 Å². The second kappa shape index (κ2) is 4.01. The van der Waals surface area contributed by atoms with Crippen LogP contribution in [0.5, 0.6) is 0 Å². The number of halogens is 3. The van der Waals surface area contributed by atoms with Crippen LogP contribution in [0.2, 0.25) is 0 Å². The quantitative estimate of drug-likeness (QED) is 0.379. The lowest BCUT2D eigenvalue weighted by atomic mass is 10.1. The minimum Gasteiger partial charge on any atom is -0.397 e. The van der Waals surface area contributed by atoms with Gasteiger partial charge in [0.1, 0.15) is 0 Å². The maximum Gasteiger partial charge on any atom is 0.194 e. The van der Waals surface area contributed by atoms with Crippen LogP contribution >= 0.6 is 0 Å². The molecular formula is C8H8F3N3. The molecule has 1 aromatic carbocycles. The zero-order valence-corrected chi connectivity index (χ0v) is 7.02. The molecule has 0 bridgehead atoms. The highest BCUT2D eigenvalue weighted by atomic mass is 19.2. The van der Waals surface area contributed by atoms with Crippen molar-refractivity contribution in [2.75, 3.05) is 0 Å². The SMILES string of the molecule is NN/C=C(\N)c1cc(F)c(F)c(F)c1. The smallest absolute Gasteiger partial charge is 0.194 e. The van der Waals surface area contributed by atoms with Crippen molar-refractivity contribution in [3.63, 3.8) is 0 Å². The predicted molar refractivity (Wildman–Crippen MR) is 45.8 cm³/mol. The Bertz CT molecular complexity index is 353. The summed E-state index contributed by atoms with van der Waals surface area (Å²) in [5.41, 5.74) is 7.47. The zero-order valence-electron chi connectivity index (χ0n) is 7.02. The molecule has 0 fully saturated rings. The maximum absolute atomic E-state index is 12.7. The molecule has 1 rings (SSSR count).